The molecule has 1 aromatic carbocycles. The van der Waals surface area contributed by atoms with Crippen molar-refractivity contribution < 1.29 is 8.42 Å². The van der Waals surface area contributed by atoms with Crippen molar-refractivity contribution in [1.29, 1.82) is 0 Å². The van der Waals surface area contributed by atoms with E-state index in [4.69, 9.17) is 5.14 Å². The summed E-state index contributed by atoms with van der Waals surface area (Å²) in [6.07, 6.45) is 2.81. The van der Waals surface area contributed by atoms with Crippen LogP contribution in [-0.2, 0) is 10.0 Å². The van der Waals surface area contributed by atoms with E-state index in [-0.39, 0.29) is 4.90 Å². The molecule has 0 saturated heterocycles. The Morgan fingerprint density at radius 2 is 1.82 bits per heavy atom. The van der Waals surface area contributed by atoms with Crippen molar-refractivity contribution in [3.8, 4) is 0 Å². The SMILES string of the molecule is CC(C)c1ccnc(C2CC2c2ccc(S(N)(=O)=O)cc2)n1. The molecule has 2 aromatic rings. The van der Waals surface area contributed by atoms with E-state index in [0.29, 0.717) is 17.8 Å². The van der Waals surface area contributed by atoms with E-state index in [0.717, 1.165) is 23.5 Å². The summed E-state index contributed by atoms with van der Waals surface area (Å²) in [6.45, 7) is 4.23. The van der Waals surface area contributed by atoms with Gasteiger partial charge >= 0.3 is 0 Å². The topological polar surface area (TPSA) is 85.9 Å². The zero-order valence-electron chi connectivity index (χ0n) is 12.6. The maximum Gasteiger partial charge on any atom is 0.238 e. The second-order valence-corrected chi connectivity index (χ2v) is 7.62. The molecule has 1 saturated carbocycles. The highest BCUT2D eigenvalue weighted by Gasteiger charge is 2.41. The standard InChI is InChI=1S/C16H19N3O2S/c1-10(2)15-7-8-18-16(19-15)14-9-13(14)11-3-5-12(6-4-11)22(17,20)21/h3-8,10,13-14H,9H2,1-2H3,(H2,17,20,21). The molecule has 5 nitrogen and oxygen atoms in total. The summed E-state index contributed by atoms with van der Waals surface area (Å²) in [5, 5.41) is 5.11. The Morgan fingerprint density at radius 1 is 1.14 bits per heavy atom. The lowest BCUT2D eigenvalue weighted by molar-refractivity contribution is 0.598. The van der Waals surface area contributed by atoms with Gasteiger partial charge in [0.2, 0.25) is 10.0 Å². The van der Waals surface area contributed by atoms with Crippen LogP contribution in [0.3, 0.4) is 0 Å². The number of sulfonamides is 1. The van der Waals surface area contributed by atoms with Gasteiger partial charge in [0.05, 0.1) is 4.90 Å². The predicted octanol–water partition coefficient (Wildman–Crippen LogP) is 2.52. The Morgan fingerprint density at radius 3 is 2.41 bits per heavy atom. The van der Waals surface area contributed by atoms with E-state index in [9.17, 15) is 8.42 Å². The second-order valence-electron chi connectivity index (χ2n) is 6.06. The first-order valence-corrected chi connectivity index (χ1v) is 8.86. The van der Waals surface area contributed by atoms with Gasteiger partial charge in [0.25, 0.3) is 0 Å². The highest BCUT2D eigenvalue weighted by Crippen LogP contribution is 2.53. The van der Waals surface area contributed by atoms with Gasteiger partial charge in [-0.25, -0.2) is 23.5 Å². The summed E-state index contributed by atoms with van der Waals surface area (Å²) in [4.78, 5) is 9.17. The van der Waals surface area contributed by atoms with Crippen molar-refractivity contribution in [3.05, 3.63) is 53.6 Å². The zero-order valence-corrected chi connectivity index (χ0v) is 13.4. The molecule has 0 spiro atoms. The van der Waals surface area contributed by atoms with Gasteiger partial charge < -0.3 is 0 Å². The van der Waals surface area contributed by atoms with Crippen LogP contribution in [0.1, 0.15) is 55.1 Å². The Hall–Kier alpha value is -1.79. The average molecular weight is 317 g/mol. The van der Waals surface area contributed by atoms with Crippen LogP contribution in [0.5, 0.6) is 0 Å². The van der Waals surface area contributed by atoms with E-state index in [2.05, 4.69) is 23.8 Å². The van der Waals surface area contributed by atoms with Gasteiger partial charge in [-0.15, -0.1) is 0 Å². The van der Waals surface area contributed by atoms with Crippen LogP contribution < -0.4 is 5.14 Å². The summed E-state index contributed by atoms with van der Waals surface area (Å²) >= 11 is 0. The highest BCUT2D eigenvalue weighted by atomic mass is 32.2. The molecule has 0 bridgehead atoms. The number of rotatable bonds is 4. The van der Waals surface area contributed by atoms with Gasteiger partial charge in [0, 0.05) is 17.8 Å². The van der Waals surface area contributed by atoms with Crippen LogP contribution in [0.25, 0.3) is 0 Å². The molecule has 1 aliphatic rings. The van der Waals surface area contributed by atoms with Crippen molar-refractivity contribution in [2.24, 2.45) is 5.14 Å². The molecule has 22 heavy (non-hydrogen) atoms. The molecular formula is C16H19N3O2S. The van der Waals surface area contributed by atoms with Gasteiger partial charge in [-0.2, -0.15) is 0 Å². The van der Waals surface area contributed by atoms with Crippen molar-refractivity contribution in [2.45, 2.75) is 42.9 Å². The maximum atomic E-state index is 11.3. The second kappa shape index (κ2) is 5.44. The van der Waals surface area contributed by atoms with Crippen molar-refractivity contribution in [1.82, 2.24) is 9.97 Å². The summed E-state index contributed by atoms with van der Waals surface area (Å²) in [5.74, 6) is 1.94. The summed E-state index contributed by atoms with van der Waals surface area (Å²) in [6, 6.07) is 8.73. The first-order valence-electron chi connectivity index (χ1n) is 7.32. The first-order chi connectivity index (χ1) is 10.4. The third kappa shape index (κ3) is 3.03. The number of aromatic nitrogens is 2. The fourth-order valence-electron chi connectivity index (χ4n) is 2.64. The molecule has 6 heteroatoms. The molecule has 116 valence electrons. The minimum atomic E-state index is -3.63. The van der Waals surface area contributed by atoms with Crippen LogP contribution in [0.2, 0.25) is 0 Å². The van der Waals surface area contributed by atoms with Gasteiger partial charge in [-0.3, -0.25) is 0 Å². The smallest absolute Gasteiger partial charge is 0.238 e. The zero-order chi connectivity index (χ0) is 15.9. The van der Waals surface area contributed by atoms with E-state index in [1.165, 1.54) is 0 Å². The molecular weight excluding hydrogens is 298 g/mol. The van der Waals surface area contributed by atoms with E-state index < -0.39 is 10.0 Å². The lowest BCUT2D eigenvalue weighted by Gasteiger charge is -2.06. The fourth-order valence-corrected chi connectivity index (χ4v) is 3.16. The minimum absolute atomic E-state index is 0.145. The predicted molar refractivity (Wildman–Crippen MR) is 84.0 cm³/mol. The number of hydrogen-bond acceptors (Lipinski definition) is 4. The fraction of sp³-hybridized carbons (Fsp3) is 0.375. The highest BCUT2D eigenvalue weighted by molar-refractivity contribution is 7.89. The molecule has 3 rings (SSSR count). The quantitative estimate of drug-likeness (QED) is 0.938. The van der Waals surface area contributed by atoms with E-state index >= 15 is 0 Å². The third-order valence-electron chi connectivity index (χ3n) is 4.05. The minimum Gasteiger partial charge on any atom is -0.241 e. The molecule has 2 atom stereocenters. The molecule has 1 heterocycles. The molecule has 1 aliphatic carbocycles. The van der Waals surface area contributed by atoms with Crippen LogP contribution in [-0.4, -0.2) is 18.4 Å². The summed E-state index contributed by atoms with van der Waals surface area (Å²) in [7, 11) is -3.63. The van der Waals surface area contributed by atoms with Crippen molar-refractivity contribution in [2.75, 3.05) is 0 Å². The maximum absolute atomic E-state index is 11.3. The number of nitrogens with two attached hydrogens (primary N) is 1. The molecule has 0 amide bonds. The normalized spacial score (nSPS) is 21.1. The molecule has 2 N–H and O–H groups in total. The number of hydrogen-bond donors (Lipinski definition) is 1. The van der Waals surface area contributed by atoms with Gasteiger partial charge in [0.1, 0.15) is 5.82 Å². The third-order valence-corrected chi connectivity index (χ3v) is 4.98. The van der Waals surface area contributed by atoms with Crippen molar-refractivity contribution >= 4 is 10.0 Å². The number of benzene rings is 1. The van der Waals surface area contributed by atoms with Crippen LogP contribution in [0.4, 0.5) is 0 Å². The first kappa shape index (κ1) is 15.1. The lowest BCUT2D eigenvalue weighted by atomic mass is 10.1. The van der Waals surface area contributed by atoms with E-state index in [1.54, 1.807) is 12.1 Å². The Labute approximate surface area is 130 Å². The monoisotopic (exact) mass is 317 g/mol. The Bertz CT molecular complexity index is 785. The molecule has 0 aliphatic heterocycles. The summed E-state index contributed by atoms with van der Waals surface area (Å²) in [5.41, 5.74) is 2.16. The lowest BCUT2D eigenvalue weighted by Crippen LogP contribution is -2.11. The number of primary sulfonamides is 1. The molecule has 1 fully saturated rings. The average Bonchev–Trinajstić information content (AvgIpc) is 3.27. The van der Waals surface area contributed by atoms with Crippen LogP contribution in [0.15, 0.2) is 41.4 Å². The van der Waals surface area contributed by atoms with Crippen molar-refractivity contribution in [3.63, 3.8) is 0 Å². The molecule has 2 unspecified atom stereocenters. The Kier molecular flexibility index (Phi) is 3.74. The summed E-state index contributed by atoms with van der Waals surface area (Å²) < 4.78 is 22.5. The van der Waals surface area contributed by atoms with Gasteiger partial charge in [-0.1, -0.05) is 26.0 Å². The largest absolute Gasteiger partial charge is 0.241 e. The van der Waals surface area contributed by atoms with Gasteiger partial charge in [-0.05, 0) is 42.0 Å². The van der Waals surface area contributed by atoms with Gasteiger partial charge in [0.15, 0.2) is 0 Å². The Balaban J connectivity index is 1.78. The molecule has 1 aromatic heterocycles. The molecule has 0 radical (unpaired) electrons. The van der Waals surface area contributed by atoms with Crippen LogP contribution in [0, 0.1) is 0 Å². The van der Waals surface area contributed by atoms with Crippen LogP contribution >= 0.6 is 0 Å². The number of nitrogens with zero attached hydrogens (tertiary/aromatic N) is 2. The van der Waals surface area contributed by atoms with E-state index in [1.807, 2.05) is 24.4 Å².